The highest BCUT2D eigenvalue weighted by atomic mass is 32.2. The van der Waals surface area contributed by atoms with Crippen molar-refractivity contribution < 1.29 is 4.74 Å². The number of rotatable bonds is 7. The van der Waals surface area contributed by atoms with Crippen molar-refractivity contribution in [3.05, 3.63) is 71.9 Å². The van der Waals surface area contributed by atoms with Gasteiger partial charge in [-0.15, -0.1) is 28.1 Å². The monoisotopic (exact) mass is 498 g/mol. The van der Waals surface area contributed by atoms with E-state index < -0.39 is 0 Å². The number of hydrogen-bond acceptors (Lipinski definition) is 8. The first kappa shape index (κ1) is 21.9. The van der Waals surface area contributed by atoms with Crippen molar-refractivity contribution in [2.45, 2.75) is 36.0 Å². The Labute approximate surface area is 211 Å². The largest absolute Gasteiger partial charge is 0.496 e. The maximum atomic E-state index is 5.58. The summed E-state index contributed by atoms with van der Waals surface area (Å²) in [6, 6.07) is 11.7. The van der Waals surface area contributed by atoms with Gasteiger partial charge in [-0.05, 0) is 60.9 Å². The summed E-state index contributed by atoms with van der Waals surface area (Å²) in [4.78, 5) is 16.6. The van der Waals surface area contributed by atoms with E-state index in [1.165, 1.54) is 28.6 Å². The van der Waals surface area contributed by atoms with Crippen molar-refractivity contribution >= 4 is 33.3 Å². The molecule has 0 amide bonds. The Hall–Kier alpha value is -3.56. The van der Waals surface area contributed by atoms with E-state index in [2.05, 4.69) is 26.3 Å². The van der Waals surface area contributed by atoms with Crippen LogP contribution in [0.25, 0.3) is 33.0 Å². The average molecular weight is 499 g/mol. The number of ether oxygens (including phenoxy) is 1. The number of hydrogen-bond donors (Lipinski definition) is 0. The second kappa shape index (κ2) is 9.24. The lowest BCUT2D eigenvalue weighted by molar-refractivity contribution is 0.416. The van der Waals surface area contributed by atoms with Crippen LogP contribution < -0.4 is 4.74 Å². The highest BCUT2D eigenvalue weighted by molar-refractivity contribution is 7.99. The van der Waals surface area contributed by atoms with Gasteiger partial charge in [0.25, 0.3) is 0 Å². The standard InChI is InChI=1S/C26H22N6OS2/c1-3-14-32-23(17-9-4-5-11-19(17)33-2)30-31-26(32)35-25-21-18-10-6-12-20(18)34-24(21)28-22(29-25)16-8-7-13-27-15-16/h3-5,7-9,11,13,15H,1,6,10,12,14H2,2H3. The van der Waals surface area contributed by atoms with E-state index in [4.69, 9.17) is 14.7 Å². The molecule has 0 N–H and O–H groups in total. The van der Waals surface area contributed by atoms with Gasteiger partial charge in [-0.3, -0.25) is 9.55 Å². The molecule has 0 saturated heterocycles. The number of benzene rings is 1. The van der Waals surface area contributed by atoms with Gasteiger partial charge in [0.1, 0.15) is 15.6 Å². The zero-order valence-electron chi connectivity index (χ0n) is 19.1. The third-order valence-electron chi connectivity index (χ3n) is 6.02. The molecule has 174 valence electrons. The Bertz CT molecular complexity index is 1540. The molecule has 0 radical (unpaired) electrons. The molecule has 1 aliphatic rings. The number of aryl methyl sites for hydroxylation is 2. The quantitative estimate of drug-likeness (QED) is 0.206. The molecule has 6 rings (SSSR count). The smallest absolute Gasteiger partial charge is 0.198 e. The van der Waals surface area contributed by atoms with Crippen LogP contribution in [0.1, 0.15) is 16.9 Å². The van der Waals surface area contributed by atoms with Crippen molar-refractivity contribution in [1.29, 1.82) is 0 Å². The van der Waals surface area contributed by atoms with Crippen molar-refractivity contribution in [3.63, 3.8) is 0 Å². The van der Waals surface area contributed by atoms with E-state index in [1.807, 2.05) is 42.5 Å². The zero-order valence-corrected chi connectivity index (χ0v) is 20.8. The summed E-state index contributed by atoms with van der Waals surface area (Å²) in [5, 5.41) is 11.9. The second-order valence-electron chi connectivity index (χ2n) is 8.14. The lowest BCUT2D eigenvalue weighted by Gasteiger charge is -2.11. The first-order valence-electron chi connectivity index (χ1n) is 11.3. The third-order valence-corrected chi connectivity index (χ3v) is 8.17. The predicted molar refractivity (Wildman–Crippen MR) is 139 cm³/mol. The molecule has 7 nitrogen and oxygen atoms in total. The van der Waals surface area contributed by atoms with Crippen molar-refractivity contribution in [2.24, 2.45) is 0 Å². The molecule has 1 aromatic carbocycles. The molecule has 0 atom stereocenters. The number of aromatic nitrogens is 6. The molecule has 35 heavy (non-hydrogen) atoms. The van der Waals surface area contributed by atoms with Gasteiger partial charge >= 0.3 is 0 Å². The van der Waals surface area contributed by atoms with Crippen LogP contribution in [-0.2, 0) is 19.4 Å². The lowest BCUT2D eigenvalue weighted by atomic mass is 10.2. The summed E-state index contributed by atoms with van der Waals surface area (Å²) in [5.41, 5.74) is 3.16. The van der Waals surface area contributed by atoms with E-state index in [1.54, 1.807) is 30.8 Å². The Balaban J connectivity index is 1.50. The molecule has 4 aromatic heterocycles. The summed E-state index contributed by atoms with van der Waals surface area (Å²) in [6.07, 6.45) is 8.75. The molecule has 4 heterocycles. The summed E-state index contributed by atoms with van der Waals surface area (Å²) in [7, 11) is 1.66. The van der Waals surface area contributed by atoms with Crippen LogP contribution in [0.3, 0.4) is 0 Å². The fraction of sp³-hybridized carbons (Fsp3) is 0.192. The van der Waals surface area contributed by atoms with Crippen LogP contribution in [-0.4, -0.2) is 36.8 Å². The molecule has 0 fully saturated rings. The van der Waals surface area contributed by atoms with Crippen LogP contribution in [0.5, 0.6) is 5.75 Å². The maximum Gasteiger partial charge on any atom is 0.198 e. The molecule has 5 aromatic rings. The molecule has 1 aliphatic carbocycles. The van der Waals surface area contributed by atoms with E-state index in [0.29, 0.717) is 12.4 Å². The molecular formula is C26H22N6OS2. The number of allylic oxidation sites excluding steroid dienone is 1. The number of methoxy groups -OCH3 is 1. The summed E-state index contributed by atoms with van der Waals surface area (Å²) in [5.74, 6) is 2.16. The minimum atomic E-state index is 0.564. The highest BCUT2D eigenvalue weighted by Gasteiger charge is 2.25. The number of thiophene rings is 1. The third kappa shape index (κ3) is 3.90. The number of pyridine rings is 1. The van der Waals surface area contributed by atoms with Crippen LogP contribution >= 0.6 is 23.1 Å². The Morgan fingerprint density at radius 2 is 2.06 bits per heavy atom. The van der Waals surface area contributed by atoms with Gasteiger partial charge in [0.15, 0.2) is 16.8 Å². The molecule has 0 unspecified atom stereocenters. The normalized spacial score (nSPS) is 12.7. The van der Waals surface area contributed by atoms with Gasteiger partial charge in [0.2, 0.25) is 0 Å². The van der Waals surface area contributed by atoms with E-state index in [-0.39, 0.29) is 0 Å². The molecule has 9 heteroatoms. The number of nitrogens with zero attached hydrogens (tertiary/aromatic N) is 6. The average Bonchev–Trinajstić information content (AvgIpc) is 3.60. The zero-order chi connectivity index (χ0) is 23.8. The maximum absolute atomic E-state index is 5.58. The topological polar surface area (TPSA) is 78.6 Å². The van der Waals surface area contributed by atoms with E-state index >= 15 is 0 Å². The summed E-state index contributed by atoms with van der Waals surface area (Å²) < 4.78 is 7.64. The van der Waals surface area contributed by atoms with Gasteiger partial charge in [0, 0.05) is 34.8 Å². The number of fused-ring (bicyclic) bond motifs is 3. The summed E-state index contributed by atoms with van der Waals surface area (Å²) >= 11 is 3.31. The Kier molecular flexibility index (Phi) is 5.79. The van der Waals surface area contributed by atoms with Crippen LogP contribution in [0.4, 0.5) is 0 Å². The van der Waals surface area contributed by atoms with Crippen LogP contribution in [0.15, 0.2) is 71.6 Å². The molecular weight excluding hydrogens is 476 g/mol. The van der Waals surface area contributed by atoms with Crippen LogP contribution in [0, 0.1) is 0 Å². The molecule has 0 bridgehead atoms. The predicted octanol–water partition coefficient (Wildman–Crippen LogP) is 5.85. The molecule has 0 saturated carbocycles. The molecule has 0 aliphatic heterocycles. The van der Waals surface area contributed by atoms with Gasteiger partial charge < -0.3 is 4.74 Å². The van der Waals surface area contributed by atoms with Crippen molar-refractivity contribution in [2.75, 3.05) is 7.11 Å². The fourth-order valence-electron chi connectivity index (χ4n) is 4.43. The molecule has 0 spiro atoms. The van der Waals surface area contributed by atoms with Gasteiger partial charge in [-0.25, -0.2) is 9.97 Å². The number of para-hydroxylation sites is 1. The Morgan fingerprint density at radius 3 is 2.89 bits per heavy atom. The van der Waals surface area contributed by atoms with E-state index in [0.717, 1.165) is 55.9 Å². The first-order chi connectivity index (χ1) is 17.3. The Morgan fingerprint density at radius 1 is 1.14 bits per heavy atom. The highest BCUT2D eigenvalue weighted by Crippen LogP contribution is 2.43. The minimum Gasteiger partial charge on any atom is -0.496 e. The van der Waals surface area contributed by atoms with Crippen LogP contribution in [0.2, 0.25) is 0 Å². The summed E-state index contributed by atoms with van der Waals surface area (Å²) in [6.45, 7) is 4.52. The van der Waals surface area contributed by atoms with Crippen molar-refractivity contribution in [1.82, 2.24) is 29.7 Å². The SMILES string of the molecule is C=CCn1c(Sc2nc(-c3cccnc3)nc3sc4c(c23)CCC4)nnc1-c1ccccc1OC. The minimum absolute atomic E-state index is 0.564. The van der Waals surface area contributed by atoms with E-state index in [9.17, 15) is 0 Å². The van der Waals surface area contributed by atoms with Crippen molar-refractivity contribution in [3.8, 4) is 28.5 Å². The van der Waals surface area contributed by atoms with Gasteiger partial charge in [0.05, 0.1) is 12.7 Å². The fourth-order valence-corrected chi connectivity index (χ4v) is 6.74. The first-order valence-corrected chi connectivity index (χ1v) is 13.0. The second-order valence-corrected chi connectivity index (χ2v) is 10.2. The lowest BCUT2D eigenvalue weighted by Crippen LogP contribution is -2.02. The van der Waals surface area contributed by atoms with Gasteiger partial charge in [-0.1, -0.05) is 18.2 Å². The van der Waals surface area contributed by atoms with Gasteiger partial charge in [-0.2, -0.15) is 0 Å².